The molecule has 0 aromatic heterocycles. The lowest BCUT2D eigenvalue weighted by Gasteiger charge is -2.14. The fourth-order valence-electron chi connectivity index (χ4n) is 3.29. The van der Waals surface area contributed by atoms with Crippen molar-refractivity contribution in [3.8, 4) is 22.3 Å². The summed E-state index contributed by atoms with van der Waals surface area (Å²) >= 11 is 7.08. The van der Waals surface area contributed by atoms with E-state index in [1.165, 1.54) is 0 Å². The summed E-state index contributed by atoms with van der Waals surface area (Å²) in [5.74, 6) is 0.0118. The molecular weight excluding hydrogens is 476 g/mol. The van der Waals surface area contributed by atoms with Crippen molar-refractivity contribution in [1.29, 1.82) is 0 Å². The molecule has 0 aliphatic carbocycles. The maximum absolute atomic E-state index is 13.6. The molecule has 0 radical (unpaired) electrons. The van der Waals surface area contributed by atoms with Gasteiger partial charge in [0, 0.05) is 20.1 Å². The first-order valence-corrected chi connectivity index (χ1v) is 10.5. The number of ketones is 1. The molecule has 0 N–H and O–H groups in total. The summed E-state index contributed by atoms with van der Waals surface area (Å²) in [5.41, 5.74) is 5.25. The van der Waals surface area contributed by atoms with Crippen LogP contribution in [0.3, 0.4) is 0 Å². The first-order valence-electron chi connectivity index (χ1n) is 8.88. The van der Waals surface area contributed by atoms with Crippen molar-refractivity contribution >= 4 is 37.6 Å². The van der Waals surface area contributed by atoms with E-state index >= 15 is 0 Å². The Bertz CT molecular complexity index is 1040. The minimum Gasteiger partial charge on any atom is -0.289 e. The highest BCUT2D eigenvalue weighted by Crippen LogP contribution is 2.33. The van der Waals surface area contributed by atoms with E-state index in [0.717, 1.165) is 31.2 Å². The SMILES string of the molecule is O=C(c1ccc(Br)cc1-c1ccccc1)c1ccc(Br)cc1-c1ccccc1. The van der Waals surface area contributed by atoms with E-state index in [1.807, 2.05) is 97.1 Å². The average Bonchev–Trinajstić information content (AvgIpc) is 2.74. The first kappa shape index (κ1) is 18.9. The van der Waals surface area contributed by atoms with Crippen LogP contribution < -0.4 is 0 Å². The van der Waals surface area contributed by atoms with Gasteiger partial charge in [-0.15, -0.1) is 0 Å². The summed E-state index contributed by atoms with van der Waals surface area (Å²) in [6, 6.07) is 31.6. The third-order valence-electron chi connectivity index (χ3n) is 4.62. The van der Waals surface area contributed by atoms with Gasteiger partial charge in [-0.2, -0.15) is 0 Å². The van der Waals surface area contributed by atoms with Crippen LogP contribution in [0.25, 0.3) is 22.3 Å². The van der Waals surface area contributed by atoms with Crippen LogP contribution in [-0.2, 0) is 0 Å². The Kier molecular flexibility index (Phi) is 5.56. The van der Waals surface area contributed by atoms with Gasteiger partial charge in [-0.3, -0.25) is 4.79 Å². The molecule has 0 heterocycles. The lowest BCUT2D eigenvalue weighted by atomic mass is 9.90. The largest absolute Gasteiger partial charge is 0.289 e. The molecule has 0 saturated heterocycles. The number of carbonyl (C=O) groups excluding carboxylic acids is 1. The predicted octanol–water partition coefficient (Wildman–Crippen LogP) is 7.78. The smallest absolute Gasteiger partial charge is 0.194 e. The number of rotatable bonds is 4. The fourth-order valence-corrected chi connectivity index (χ4v) is 4.01. The molecule has 0 bridgehead atoms. The van der Waals surface area contributed by atoms with Gasteiger partial charge in [0.15, 0.2) is 5.78 Å². The van der Waals surface area contributed by atoms with Crippen LogP contribution in [0.2, 0.25) is 0 Å². The van der Waals surface area contributed by atoms with E-state index in [4.69, 9.17) is 0 Å². The standard InChI is InChI=1S/C25H16Br2O/c26-19-11-13-21(23(15-19)17-7-3-1-4-8-17)25(28)22-14-12-20(27)16-24(22)18-9-5-2-6-10-18/h1-16H. The van der Waals surface area contributed by atoms with Gasteiger partial charge in [-0.25, -0.2) is 0 Å². The zero-order valence-corrected chi connectivity index (χ0v) is 18.1. The molecule has 0 amide bonds. The van der Waals surface area contributed by atoms with Crippen LogP contribution in [0.4, 0.5) is 0 Å². The second-order valence-electron chi connectivity index (χ2n) is 6.44. The normalized spacial score (nSPS) is 10.6. The molecule has 4 rings (SSSR count). The molecule has 0 saturated carbocycles. The van der Waals surface area contributed by atoms with Crippen LogP contribution in [0.15, 0.2) is 106 Å². The zero-order valence-electron chi connectivity index (χ0n) is 14.9. The Balaban J connectivity index is 1.89. The van der Waals surface area contributed by atoms with Crippen LogP contribution in [-0.4, -0.2) is 5.78 Å². The van der Waals surface area contributed by atoms with Gasteiger partial charge < -0.3 is 0 Å². The van der Waals surface area contributed by atoms with Crippen LogP contribution in [0, 0.1) is 0 Å². The highest BCUT2D eigenvalue weighted by Gasteiger charge is 2.19. The molecule has 1 nitrogen and oxygen atoms in total. The van der Waals surface area contributed by atoms with Crippen LogP contribution >= 0.6 is 31.9 Å². The van der Waals surface area contributed by atoms with E-state index in [2.05, 4.69) is 31.9 Å². The number of benzene rings is 4. The maximum Gasteiger partial charge on any atom is 0.194 e. The van der Waals surface area contributed by atoms with Gasteiger partial charge in [0.25, 0.3) is 0 Å². The lowest BCUT2D eigenvalue weighted by molar-refractivity contribution is 0.104. The van der Waals surface area contributed by atoms with Crippen molar-refractivity contribution in [2.75, 3.05) is 0 Å². The molecule has 0 aliphatic rings. The fraction of sp³-hybridized carbons (Fsp3) is 0. The maximum atomic E-state index is 13.6. The van der Waals surface area contributed by atoms with Crippen molar-refractivity contribution in [2.45, 2.75) is 0 Å². The average molecular weight is 492 g/mol. The van der Waals surface area contributed by atoms with Crippen molar-refractivity contribution in [3.63, 3.8) is 0 Å². The Morgan fingerprint density at radius 3 is 1.32 bits per heavy atom. The topological polar surface area (TPSA) is 17.1 Å². The minimum atomic E-state index is 0.0118. The van der Waals surface area contributed by atoms with E-state index in [0.29, 0.717) is 11.1 Å². The lowest BCUT2D eigenvalue weighted by Crippen LogP contribution is -2.06. The van der Waals surface area contributed by atoms with Gasteiger partial charge in [-0.1, -0.05) is 92.5 Å². The summed E-state index contributed by atoms with van der Waals surface area (Å²) in [7, 11) is 0. The molecule has 4 aromatic carbocycles. The Morgan fingerprint density at radius 2 is 0.929 bits per heavy atom. The van der Waals surface area contributed by atoms with E-state index in [9.17, 15) is 4.79 Å². The summed E-state index contributed by atoms with van der Waals surface area (Å²) in [6.45, 7) is 0. The summed E-state index contributed by atoms with van der Waals surface area (Å²) < 4.78 is 1.89. The summed E-state index contributed by atoms with van der Waals surface area (Å²) in [4.78, 5) is 13.6. The second kappa shape index (κ2) is 8.26. The van der Waals surface area contributed by atoms with Gasteiger partial charge in [0.05, 0.1) is 0 Å². The highest BCUT2D eigenvalue weighted by atomic mass is 79.9. The van der Waals surface area contributed by atoms with Gasteiger partial charge in [0.2, 0.25) is 0 Å². The van der Waals surface area contributed by atoms with E-state index in [-0.39, 0.29) is 5.78 Å². The molecule has 0 unspecified atom stereocenters. The molecule has 0 spiro atoms. The molecule has 28 heavy (non-hydrogen) atoms. The third-order valence-corrected chi connectivity index (χ3v) is 5.61. The van der Waals surface area contributed by atoms with Crippen molar-refractivity contribution in [3.05, 3.63) is 117 Å². The summed E-state index contributed by atoms with van der Waals surface area (Å²) in [5, 5.41) is 0. The monoisotopic (exact) mass is 490 g/mol. The van der Waals surface area contributed by atoms with E-state index < -0.39 is 0 Å². The van der Waals surface area contributed by atoms with Crippen LogP contribution in [0.5, 0.6) is 0 Å². The van der Waals surface area contributed by atoms with Gasteiger partial charge >= 0.3 is 0 Å². The Hall–Kier alpha value is -2.49. The highest BCUT2D eigenvalue weighted by molar-refractivity contribution is 9.10. The van der Waals surface area contributed by atoms with E-state index in [1.54, 1.807) is 0 Å². The third kappa shape index (κ3) is 3.87. The van der Waals surface area contributed by atoms with Gasteiger partial charge in [0.1, 0.15) is 0 Å². The van der Waals surface area contributed by atoms with Crippen molar-refractivity contribution < 1.29 is 4.79 Å². The second-order valence-corrected chi connectivity index (χ2v) is 8.27. The molecule has 136 valence electrons. The Labute approximate surface area is 181 Å². The molecule has 3 heteroatoms. The summed E-state index contributed by atoms with van der Waals surface area (Å²) in [6.07, 6.45) is 0. The number of halogens is 2. The molecule has 0 fully saturated rings. The quantitative estimate of drug-likeness (QED) is 0.266. The zero-order chi connectivity index (χ0) is 19.5. The van der Waals surface area contributed by atoms with Crippen LogP contribution in [0.1, 0.15) is 15.9 Å². The Morgan fingerprint density at radius 1 is 0.536 bits per heavy atom. The van der Waals surface area contributed by atoms with Gasteiger partial charge in [-0.05, 0) is 58.7 Å². The molecule has 0 aliphatic heterocycles. The van der Waals surface area contributed by atoms with Crippen molar-refractivity contribution in [1.82, 2.24) is 0 Å². The molecule has 4 aromatic rings. The first-order chi connectivity index (χ1) is 13.6. The molecular formula is C25H16Br2O. The number of hydrogen-bond acceptors (Lipinski definition) is 1. The predicted molar refractivity (Wildman–Crippen MR) is 123 cm³/mol. The van der Waals surface area contributed by atoms with Crippen molar-refractivity contribution in [2.24, 2.45) is 0 Å². The number of carbonyl (C=O) groups is 1. The number of hydrogen-bond donors (Lipinski definition) is 0. The minimum absolute atomic E-state index is 0.0118. The molecule has 0 atom stereocenters.